The lowest BCUT2D eigenvalue weighted by Gasteiger charge is -2.43. The van der Waals surface area contributed by atoms with E-state index in [-0.39, 0.29) is 0 Å². The van der Waals surface area contributed by atoms with Gasteiger partial charge in [0.05, 0.1) is 0 Å². The highest BCUT2D eigenvalue weighted by Gasteiger charge is 2.63. The van der Waals surface area contributed by atoms with Crippen LogP contribution in [0.3, 0.4) is 0 Å². The highest BCUT2D eigenvalue weighted by atomic mass is 32.2. The molecule has 0 bridgehead atoms. The van der Waals surface area contributed by atoms with E-state index in [4.69, 9.17) is 0 Å². The lowest BCUT2D eigenvalue weighted by atomic mass is 10.3. The summed E-state index contributed by atoms with van der Waals surface area (Å²) in [5, 5.41) is 4.95. The van der Waals surface area contributed by atoms with Crippen molar-refractivity contribution in [3.8, 4) is 0 Å². The molecule has 0 spiro atoms. The van der Waals surface area contributed by atoms with Gasteiger partial charge in [-0.3, -0.25) is 0 Å². The van der Waals surface area contributed by atoms with Crippen molar-refractivity contribution in [2.45, 2.75) is 4.90 Å². The largest absolute Gasteiger partial charge is 0.312 e. The van der Waals surface area contributed by atoms with Crippen LogP contribution in [-0.4, -0.2) is 10.7 Å². The third-order valence-electron chi connectivity index (χ3n) is 7.14. The first kappa shape index (κ1) is 25.4. The Balaban J connectivity index is 1.77. The van der Waals surface area contributed by atoms with Crippen molar-refractivity contribution in [1.82, 2.24) is 0 Å². The third-order valence-corrected chi connectivity index (χ3v) is 18.4. The minimum Gasteiger partial charge on any atom is -0.312 e. The Bertz CT molecular complexity index is 1470. The number of hydrogen-bond donors (Lipinski definition) is 0. The fraction of sp³-hybridized carbons (Fsp3) is 0.0625. The molecule has 38 heavy (non-hydrogen) atoms. The Hall–Kier alpha value is -2.87. The van der Waals surface area contributed by atoms with Gasteiger partial charge in [-0.1, -0.05) is 127 Å². The molecule has 0 unspecified atom stereocenters. The zero-order valence-electron chi connectivity index (χ0n) is 20.6. The van der Waals surface area contributed by atoms with Crippen LogP contribution in [0.4, 0.5) is 0 Å². The molecule has 0 saturated heterocycles. The van der Waals surface area contributed by atoms with Crippen molar-refractivity contribution in [3.05, 3.63) is 150 Å². The maximum absolute atomic E-state index is 16.2. The Labute approximate surface area is 232 Å². The van der Waals surface area contributed by atoms with Crippen LogP contribution in [0.2, 0.25) is 0 Å². The second kappa shape index (κ2) is 10.4. The van der Waals surface area contributed by atoms with Crippen molar-refractivity contribution in [3.63, 3.8) is 0 Å². The first-order chi connectivity index (χ1) is 18.6. The van der Waals surface area contributed by atoms with E-state index in [1.165, 1.54) is 0 Å². The number of benzene rings is 4. The monoisotopic (exact) mass is 568 g/mol. The predicted octanol–water partition coefficient (Wildman–Crippen LogP) is 7.56. The number of hydrogen-bond acceptors (Lipinski definition) is 4. The Morgan fingerprint density at radius 1 is 0.526 bits per heavy atom. The molecule has 0 atom stereocenters. The molecule has 1 aliphatic heterocycles. The topological polar surface area (TPSA) is 34.1 Å². The Morgan fingerprint density at radius 3 is 1.26 bits per heavy atom. The van der Waals surface area contributed by atoms with E-state index in [0.717, 1.165) is 31.0 Å². The quantitative estimate of drug-likeness (QED) is 0.190. The van der Waals surface area contributed by atoms with Gasteiger partial charge in [0, 0.05) is 36.8 Å². The van der Waals surface area contributed by atoms with Crippen molar-refractivity contribution in [2.24, 2.45) is 0 Å². The SMILES string of the molecule is O=P(c1ccccc1)(c1ccccc1)C1(P(=O)(c2ccccc2)c2ccccc2)C=C(c2cccs2)SC1. The van der Waals surface area contributed by atoms with Crippen LogP contribution >= 0.6 is 37.4 Å². The van der Waals surface area contributed by atoms with Gasteiger partial charge in [-0.15, -0.1) is 23.1 Å². The predicted molar refractivity (Wildman–Crippen MR) is 167 cm³/mol. The zero-order valence-corrected chi connectivity index (χ0v) is 24.0. The molecule has 0 aliphatic carbocycles. The van der Waals surface area contributed by atoms with E-state index in [9.17, 15) is 0 Å². The molecule has 0 fully saturated rings. The molecule has 0 saturated carbocycles. The lowest BCUT2D eigenvalue weighted by molar-refractivity contribution is 0.568. The molecule has 0 amide bonds. The fourth-order valence-electron chi connectivity index (χ4n) is 5.34. The molecule has 188 valence electrons. The highest BCUT2D eigenvalue weighted by molar-refractivity contribution is 8.11. The molecule has 1 aliphatic rings. The van der Waals surface area contributed by atoms with Gasteiger partial charge in [0.2, 0.25) is 0 Å². The smallest absolute Gasteiger partial charge is 0.161 e. The summed E-state index contributed by atoms with van der Waals surface area (Å²) in [6.45, 7) is 0. The summed E-state index contributed by atoms with van der Waals surface area (Å²) in [7, 11) is -7.10. The van der Waals surface area contributed by atoms with E-state index < -0.39 is 19.2 Å². The van der Waals surface area contributed by atoms with Crippen LogP contribution in [0.25, 0.3) is 4.91 Å². The van der Waals surface area contributed by atoms with Gasteiger partial charge in [0.1, 0.15) is 4.90 Å². The second-order valence-electron chi connectivity index (χ2n) is 9.21. The maximum atomic E-state index is 16.2. The average Bonchev–Trinajstić information content (AvgIpc) is 3.70. The van der Waals surface area contributed by atoms with Crippen molar-refractivity contribution < 1.29 is 9.13 Å². The first-order valence-electron chi connectivity index (χ1n) is 12.4. The highest BCUT2D eigenvalue weighted by Crippen LogP contribution is 2.78. The standard InChI is InChI=1S/C32H26O2P2S2/c33-35(26-14-5-1-6-15-26,27-16-7-2-8-17-27)32(24-31(38-25-32)30-22-13-23-37-30)36(34,28-18-9-3-10-19-28)29-20-11-4-12-21-29/h1-24H,25H2. The summed E-state index contributed by atoms with van der Waals surface area (Å²) in [6, 6.07) is 42.9. The number of rotatable bonds is 7. The molecule has 0 N–H and O–H groups in total. The molecule has 4 aromatic carbocycles. The molecule has 1 aromatic heterocycles. The molecule has 0 radical (unpaired) electrons. The Kier molecular flexibility index (Phi) is 6.93. The molecule has 5 aromatic rings. The van der Waals surface area contributed by atoms with E-state index in [0.29, 0.717) is 5.75 Å². The summed E-state index contributed by atoms with van der Waals surface area (Å²) < 4.78 is 32.4. The molecule has 2 nitrogen and oxygen atoms in total. The van der Waals surface area contributed by atoms with Gasteiger partial charge in [-0.05, 0) is 17.5 Å². The third kappa shape index (κ3) is 3.94. The molecular weight excluding hydrogens is 542 g/mol. The van der Waals surface area contributed by atoms with Crippen LogP contribution in [-0.2, 0) is 9.13 Å². The summed E-state index contributed by atoms with van der Waals surface area (Å²) in [6.07, 6.45) is 2.12. The van der Waals surface area contributed by atoms with Crippen LogP contribution < -0.4 is 21.2 Å². The number of thioether (sulfide) groups is 1. The summed E-state index contributed by atoms with van der Waals surface area (Å²) in [4.78, 5) is 0.978. The van der Waals surface area contributed by atoms with Gasteiger partial charge in [0.15, 0.2) is 14.3 Å². The van der Waals surface area contributed by atoms with Gasteiger partial charge in [-0.2, -0.15) is 0 Å². The van der Waals surface area contributed by atoms with Crippen molar-refractivity contribution in [2.75, 3.05) is 5.75 Å². The van der Waals surface area contributed by atoms with Gasteiger partial charge in [0.25, 0.3) is 0 Å². The summed E-state index contributed by atoms with van der Waals surface area (Å²) in [5.74, 6) is 0.447. The zero-order chi connectivity index (χ0) is 26.1. The van der Waals surface area contributed by atoms with Gasteiger partial charge >= 0.3 is 0 Å². The molecule has 2 heterocycles. The van der Waals surface area contributed by atoms with E-state index in [1.54, 1.807) is 23.1 Å². The minimum absolute atomic E-state index is 0.447. The van der Waals surface area contributed by atoms with Gasteiger partial charge in [-0.25, -0.2) is 0 Å². The normalized spacial score (nSPS) is 15.2. The molecule has 6 heteroatoms. The van der Waals surface area contributed by atoms with Crippen molar-refractivity contribution in [1.29, 1.82) is 0 Å². The number of thiophene rings is 1. The van der Waals surface area contributed by atoms with E-state index in [1.807, 2.05) is 127 Å². The second-order valence-corrected chi connectivity index (χ2v) is 17.6. The Morgan fingerprint density at radius 2 is 0.921 bits per heavy atom. The van der Waals surface area contributed by atoms with Crippen LogP contribution in [0.15, 0.2) is 145 Å². The molecular formula is C32H26O2P2S2. The maximum Gasteiger partial charge on any atom is 0.161 e. The fourth-order valence-corrected chi connectivity index (χ4v) is 17.6. The van der Waals surface area contributed by atoms with Crippen molar-refractivity contribution >= 4 is 63.5 Å². The van der Waals surface area contributed by atoms with Gasteiger partial charge < -0.3 is 9.13 Å². The summed E-state index contributed by atoms with van der Waals surface area (Å²) >= 11 is 3.32. The van der Waals surface area contributed by atoms with Crippen LogP contribution in [0.5, 0.6) is 0 Å². The summed E-state index contributed by atoms with van der Waals surface area (Å²) in [5.41, 5.74) is 0. The number of allylic oxidation sites excluding steroid dienone is 1. The average molecular weight is 569 g/mol. The first-order valence-corrected chi connectivity index (χ1v) is 17.7. The van der Waals surface area contributed by atoms with Crippen LogP contribution in [0, 0.1) is 0 Å². The van der Waals surface area contributed by atoms with E-state index >= 15 is 9.13 Å². The molecule has 6 rings (SSSR count). The minimum atomic E-state index is -3.55. The van der Waals surface area contributed by atoms with Crippen LogP contribution in [0.1, 0.15) is 4.88 Å². The van der Waals surface area contributed by atoms with E-state index in [2.05, 4.69) is 17.5 Å². The lowest BCUT2D eigenvalue weighted by Crippen LogP contribution is -2.43.